The van der Waals surface area contributed by atoms with Crippen molar-refractivity contribution in [3.8, 4) is 11.3 Å². The third-order valence-electron chi connectivity index (χ3n) is 4.66. The van der Waals surface area contributed by atoms with Crippen molar-refractivity contribution < 1.29 is 14.3 Å². The number of benzene rings is 2. The number of nitrogens with zero attached hydrogens (tertiary/aromatic N) is 2. The maximum Gasteiger partial charge on any atom is 0.340 e. The average molecular weight is 405 g/mol. The molecule has 0 aliphatic carbocycles. The Morgan fingerprint density at radius 3 is 2.53 bits per heavy atom. The highest BCUT2D eigenvalue weighted by Gasteiger charge is 2.15. The van der Waals surface area contributed by atoms with Crippen LogP contribution in [0.2, 0.25) is 0 Å². The highest BCUT2D eigenvalue weighted by atomic mass is 16.5. The van der Waals surface area contributed by atoms with Crippen LogP contribution < -0.4 is 10.9 Å². The van der Waals surface area contributed by atoms with Crippen LogP contribution in [0.15, 0.2) is 59.4 Å². The lowest BCUT2D eigenvalue weighted by Crippen LogP contribution is -2.29. The highest BCUT2D eigenvalue weighted by molar-refractivity contribution is 6.01. The molecule has 0 radical (unpaired) electrons. The Bertz CT molecular complexity index is 1150. The Morgan fingerprint density at radius 2 is 1.80 bits per heavy atom. The summed E-state index contributed by atoms with van der Waals surface area (Å²) in [6.07, 6.45) is 0. The van der Waals surface area contributed by atoms with Crippen LogP contribution in [-0.2, 0) is 16.1 Å². The predicted molar refractivity (Wildman–Crippen MR) is 114 cm³/mol. The van der Waals surface area contributed by atoms with Gasteiger partial charge in [0.1, 0.15) is 6.54 Å². The lowest BCUT2D eigenvalue weighted by atomic mass is 10.0. The van der Waals surface area contributed by atoms with E-state index in [0.717, 1.165) is 21.4 Å². The molecule has 7 nitrogen and oxygen atoms in total. The average Bonchev–Trinajstić information content (AvgIpc) is 2.72. The second-order valence-electron chi connectivity index (χ2n) is 6.83. The number of esters is 1. The highest BCUT2D eigenvalue weighted by Crippen LogP contribution is 2.19. The number of hydrogen-bond acceptors (Lipinski definition) is 5. The smallest absolute Gasteiger partial charge is 0.340 e. The minimum atomic E-state index is -0.527. The molecular weight excluding hydrogens is 382 g/mol. The van der Waals surface area contributed by atoms with Crippen molar-refractivity contribution in [1.82, 2.24) is 9.78 Å². The van der Waals surface area contributed by atoms with E-state index in [4.69, 9.17) is 4.74 Å². The van der Waals surface area contributed by atoms with E-state index < -0.39 is 17.4 Å². The molecular formula is C23H23N3O4. The summed E-state index contributed by atoms with van der Waals surface area (Å²) in [6, 6.07) is 15.5. The molecule has 2 aromatic carbocycles. The SMILES string of the molecule is CCOC(=O)c1ccccc1NC(=O)Cn1nc(-c2ccc(C)c(C)c2)ccc1=O. The molecule has 0 aliphatic heterocycles. The van der Waals surface area contributed by atoms with Crippen molar-refractivity contribution in [1.29, 1.82) is 0 Å². The molecule has 0 saturated carbocycles. The molecule has 1 N–H and O–H groups in total. The summed E-state index contributed by atoms with van der Waals surface area (Å²) in [5, 5.41) is 7.00. The molecule has 7 heteroatoms. The van der Waals surface area contributed by atoms with Gasteiger partial charge < -0.3 is 10.1 Å². The fraction of sp³-hybridized carbons (Fsp3) is 0.217. The molecule has 1 aromatic heterocycles. The number of ether oxygens (including phenoxy) is 1. The number of rotatable bonds is 6. The fourth-order valence-electron chi connectivity index (χ4n) is 2.92. The molecule has 0 atom stereocenters. The Morgan fingerprint density at radius 1 is 1.03 bits per heavy atom. The number of anilines is 1. The second kappa shape index (κ2) is 9.17. The van der Waals surface area contributed by atoms with Gasteiger partial charge in [0.25, 0.3) is 5.56 Å². The maximum atomic E-state index is 12.6. The second-order valence-corrected chi connectivity index (χ2v) is 6.83. The van der Waals surface area contributed by atoms with Gasteiger partial charge in [-0.05, 0) is 56.2 Å². The van der Waals surface area contributed by atoms with E-state index in [2.05, 4.69) is 10.4 Å². The summed E-state index contributed by atoms with van der Waals surface area (Å²) in [7, 11) is 0. The Hall–Kier alpha value is -3.74. The van der Waals surface area contributed by atoms with Crippen molar-refractivity contribution in [2.24, 2.45) is 0 Å². The van der Waals surface area contributed by atoms with Crippen LogP contribution in [0.25, 0.3) is 11.3 Å². The third-order valence-corrected chi connectivity index (χ3v) is 4.66. The number of para-hydroxylation sites is 1. The largest absolute Gasteiger partial charge is 0.462 e. The van der Waals surface area contributed by atoms with Crippen molar-refractivity contribution >= 4 is 17.6 Å². The summed E-state index contributed by atoms with van der Waals surface area (Å²) in [5.41, 5.74) is 3.90. The normalized spacial score (nSPS) is 10.5. The van der Waals surface area contributed by atoms with Crippen LogP contribution >= 0.6 is 0 Å². The molecule has 3 aromatic rings. The van der Waals surface area contributed by atoms with Gasteiger partial charge in [-0.3, -0.25) is 9.59 Å². The Balaban J connectivity index is 1.82. The zero-order valence-corrected chi connectivity index (χ0v) is 17.1. The molecule has 1 heterocycles. The van der Waals surface area contributed by atoms with Gasteiger partial charge in [-0.15, -0.1) is 0 Å². The van der Waals surface area contributed by atoms with Gasteiger partial charge in [-0.25, -0.2) is 9.48 Å². The lowest BCUT2D eigenvalue weighted by molar-refractivity contribution is -0.117. The summed E-state index contributed by atoms with van der Waals surface area (Å²) in [6.45, 7) is 5.68. The molecule has 154 valence electrons. The topological polar surface area (TPSA) is 90.3 Å². The molecule has 3 rings (SSSR count). The molecule has 1 amide bonds. The Kier molecular flexibility index (Phi) is 6.41. The van der Waals surface area contributed by atoms with E-state index in [1.165, 1.54) is 6.07 Å². The molecule has 0 aliphatic rings. The number of amides is 1. The van der Waals surface area contributed by atoms with Crippen molar-refractivity contribution in [3.05, 3.63) is 81.6 Å². The molecule has 0 bridgehead atoms. The monoisotopic (exact) mass is 405 g/mol. The molecule has 0 fully saturated rings. The first-order chi connectivity index (χ1) is 14.4. The van der Waals surface area contributed by atoms with Gasteiger partial charge in [0.2, 0.25) is 5.91 Å². The van der Waals surface area contributed by atoms with E-state index >= 15 is 0 Å². The summed E-state index contributed by atoms with van der Waals surface area (Å²) < 4.78 is 6.12. The van der Waals surface area contributed by atoms with Gasteiger partial charge >= 0.3 is 5.97 Å². The number of hydrogen-bond donors (Lipinski definition) is 1. The summed E-state index contributed by atoms with van der Waals surface area (Å²) in [4.78, 5) is 36.8. The van der Waals surface area contributed by atoms with E-state index in [9.17, 15) is 14.4 Å². The molecule has 0 unspecified atom stereocenters. The first kappa shape index (κ1) is 21.0. The van der Waals surface area contributed by atoms with Crippen LogP contribution in [0.4, 0.5) is 5.69 Å². The standard InChI is InChI=1S/C23H23N3O4/c1-4-30-23(29)18-7-5-6-8-20(18)24-21(27)14-26-22(28)12-11-19(25-26)17-10-9-15(2)16(3)13-17/h5-13H,4,14H2,1-3H3,(H,24,27). The molecule has 30 heavy (non-hydrogen) atoms. The number of nitrogens with one attached hydrogen (secondary N) is 1. The zero-order valence-electron chi connectivity index (χ0n) is 17.1. The summed E-state index contributed by atoms with van der Waals surface area (Å²) in [5.74, 6) is -1.00. The maximum absolute atomic E-state index is 12.6. The van der Waals surface area contributed by atoms with Crippen LogP contribution in [0.1, 0.15) is 28.4 Å². The van der Waals surface area contributed by atoms with Crippen LogP contribution in [0.3, 0.4) is 0 Å². The van der Waals surface area contributed by atoms with E-state index in [1.807, 2.05) is 32.0 Å². The van der Waals surface area contributed by atoms with Crippen LogP contribution in [0.5, 0.6) is 0 Å². The van der Waals surface area contributed by atoms with Gasteiger partial charge in [-0.2, -0.15) is 5.10 Å². The lowest BCUT2D eigenvalue weighted by Gasteiger charge is -2.11. The number of aromatic nitrogens is 2. The van der Waals surface area contributed by atoms with Crippen molar-refractivity contribution in [2.75, 3.05) is 11.9 Å². The van der Waals surface area contributed by atoms with Gasteiger partial charge in [-0.1, -0.05) is 24.3 Å². The number of carbonyl (C=O) groups is 2. The molecule has 0 spiro atoms. The first-order valence-corrected chi connectivity index (χ1v) is 9.61. The number of carbonyl (C=O) groups excluding carboxylic acids is 2. The third kappa shape index (κ3) is 4.81. The van der Waals surface area contributed by atoms with E-state index in [-0.39, 0.29) is 18.7 Å². The quantitative estimate of drug-likeness (QED) is 0.635. The predicted octanol–water partition coefficient (Wildman–Crippen LogP) is 3.34. The van der Waals surface area contributed by atoms with Crippen LogP contribution in [-0.4, -0.2) is 28.3 Å². The van der Waals surface area contributed by atoms with Crippen LogP contribution in [0, 0.1) is 13.8 Å². The summed E-state index contributed by atoms with van der Waals surface area (Å²) >= 11 is 0. The minimum Gasteiger partial charge on any atom is -0.462 e. The van der Waals surface area contributed by atoms with Gasteiger partial charge in [0, 0.05) is 11.6 Å². The van der Waals surface area contributed by atoms with Crippen molar-refractivity contribution in [2.45, 2.75) is 27.3 Å². The van der Waals surface area contributed by atoms with E-state index in [0.29, 0.717) is 11.4 Å². The molecule has 0 saturated heterocycles. The van der Waals surface area contributed by atoms with E-state index in [1.54, 1.807) is 37.3 Å². The first-order valence-electron chi connectivity index (χ1n) is 9.61. The Labute approximate surface area is 174 Å². The van der Waals surface area contributed by atoms with Crippen molar-refractivity contribution in [3.63, 3.8) is 0 Å². The fourth-order valence-corrected chi connectivity index (χ4v) is 2.92. The van der Waals surface area contributed by atoms with Gasteiger partial charge in [0.05, 0.1) is 23.6 Å². The number of aryl methyl sites for hydroxylation is 2. The van der Waals surface area contributed by atoms with Gasteiger partial charge in [0.15, 0.2) is 0 Å². The zero-order chi connectivity index (χ0) is 21.7. The minimum absolute atomic E-state index is 0.228.